The van der Waals surface area contributed by atoms with Crippen molar-refractivity contribution in [1.82, 2.24) is 9.55 Å². The van der Waals surface area contributed by atoms with Gasteiger partial charge in [-0.15, -0.1) is 11.3 Å². The molecule has 0 atom stereocenters. The minimum absolute atomic E-state index is 0.554. The molecule has 0 bridgehead atoms. The molecule has 0 aliphatic rings. The Morgan fingerprint density at radius 2 is 2.45 bits per heavy atom. The Kier molecular flexibility index (Phi) is 1.40. The lowest BCUT2D eigenvalue weighted by atomic mass is 10.6. The normalized spacial score (nSPS) is 10.2. The van der Waals surface area contributed by atoms with Crippen LogP contribution in [0.25, 0.3) is 5.00 Å². The van der Waals surface area contributed by atoms with E-state index < -0.39 is 0 Å². The maximum absolute atomic E-state index is 5.46. The van der Waals surface area contributed by atoms with Gasteiger partial charge in [0.1, 0.15) is 17.1 Å². The van der Waals surface area contributed by atoms with Crippen LogP contribution in [0.2, 0.25) is 0 Å². The van der Waals surface area contributed by atoms with Crippen LogP contribution in [-0.4, -0.2) is 9.55 Å². The van der Waals surface area contributed by atoms with Gasteiger partial charge >= 0.3 is 0 Å². The molecule has 2 aromatic rings. The molecule has 0 aromatic carbocycles. The molecule has 2 N–H and O–H groups in total. The highest BCUT2D eigenvalue weighted by molar-refractivity contribution is 7.12. The van der Waals surface area contributed by atoms with Gasteiger partial charge in [0.15, 0.2) is 0 Å². The Labute approximate surface area is 68.1 Å². The summed E-state index contributed by atoms with van der Waals surface area (Å²) in [5.74, 6) is 0.554. The monoisotopic (exact) mass is 165 g/mol. The van der Waals surface area contributed by atoms with Crippen LogP contribution in [0.1, 0.15) is 0 Å². The van der Waals surface area contributed by atoms with Crippen LogP contribution < -0.4 is 5.73 Å². The topological polar surface area (TPSA) is 43.8 Å². The van der Waals surface area contributed by atoms with Gasteiger partial charge in [-0.25, -0.2) is 4.98 Å². The molecule has 0 fully saturated rings. The number of rotatable bonds is 1. The van der Waals surface area contributed by atoms with Gasteiger partial charge in [-0.2, -0.15) is 0 Å². The average molecular weight is 165 g/mol. The Balaban J connectivity index is 2.45. The summed E-state index contributed by atoms with van der Waals surface area (Å²) in [6, 6.07) is 4.02. The lowest BCUT2D eigenvalue weighted by Crippen LogP contribution is -1.84. The Morgan fingerprint density at radius 1 is 1.55 bits per heavy atom. The lowest BCUT2D eigenvalue weighted by molar-refractivity contribution is 1.09. The van der Waals surface area contributed by atoms with Crippen LogP contribution in [0.3, 0.4) is 0 Å². The zero-order valence-corrected chi connectivity index (χ0v) is 6.58. The van der Waals surface area contributed by atoms with E-state index in [2.05, 4.69) is 4.98 Å². The predicted molar refractivity (Wildman–Crippen MR) is 45.9 cm³/mol. The van der Waals surface area contributed by atoms with Gasteiger partial charge in [0.25, 0.3) is 0 Å². The first-order chi connectivity index (χ1) is 5.36. The number of nitrogens with two attached hydrogens (primary N) is 1. The summed E-state index contributed by atoms with van der Waals surface area (Å²) in [5, 5.41) is 3.15. The van der Waals surface area contributed by atoms with E-state index in [0.29, 0.717) is 5.82 Å². The van der Waals surface area contributed by atoms with Crippen molar-refractivity contribution in [2.75, 3.05) is 5.73 Å². The molecule has 0 spiro atoms. The average Bonchev–Trinajstić information content (AvgIpc) is 2.55. The minimum atomic E-state index is 0.554. The van der Waals surface area contributed by atoms with Crippen molar-refractivity contribution in [3.8, 4) is 5.00 Å². The van der Waals surface area contributed by atoms with Crippen molar-refractivity contribution in [1.29, 1.82) is 0 Å². The molecule has 0 aliphatic heterocycles. The van der Waals surface area contributed by atoms with Gasteiger partial charge in [-0.1, -0.05) is 0 Å². The summed E-state index contributed by atoms with van der Waals surface area (Å²) < 4.78 is 1.90. The van der Waals surface area contributed by atoms with E-state index in [1.165, 1.54) is 0 Å². The zero-order chi connectivity index (χ0) is 7.68. The highest BCUT2D eigenvalue weighted by Crippen LogP contribution is 2.15. The second-order valence-electron chi connectivity index (χ2n) is 2.16. The van der Waals surface area contributed by atoms with E-state index in [0.717, 1.165) is 5.00 Å². The molecule has 0 aliphatic carbocycles. The maximum Gasteiger partial charge on any atom is 0.142 e. The lowest BCUT2D eigenvalue weighted by Gasteiger charge is -1.92. The van der Waals surface area contributed by atoms with Crippen molar-refractivity contribution in [2.45, 2.75) is 0 Å². The summed E-state index contributed by atoms with van der Waals surface area (Å²) in [4.78, 5) is 3.92. The molecule has 3 nitrogen and oxygen atoms in total. The quantitative estimate of drug-likeness (QED) is 0.696. The van der Waals surface area contributed by atoms with Crippen molar-refractivity contribution in [3.05, 3.63) is 30.0 Å². The fourth-order valence-electron chi connectivity index (χ4n) is 0.875. The largest absolute Gasteiger partial charge is 0.382 e. The second kappa shape index (κ2) is 2.39. The maximum atomic E-state index is 5.46. The number of hydrogen-bond donors (Lipinski definition) is 1. The molecule has 0 saturated heterocycles. The zero-order valence-electron chi connectivity index (χ0n) is 5.77. The number of nitrogens with zero attached hydrogens (tertiary/aromatic N) is 2. The Bertz CT molecular complexity index is 336. The molecule has 2 aromatic heterocycles. The standard InChI is InChI=1S/C7H7N3S/c8-6-4-10(5-9-6)7-2-1-3-11-7/h1-5H,8H2. The highest BCUT2D eigenvalue weighted by Gasteiger charge is 1.96. The molecule has 4 heteroatoms. The molecule has 11 heavy (non-hydrogen) atoms. The van der Waals surface area contributed by atoms with E-state index in [1.54, 1.807) is 23.9 Å². The van der Waals surface area contributed by atoms with Crippen LogP contribution in [0.5, 0.6) is 0 Å². The van der Waals surface area contributed by atoms with Crippen LogP contribution in [-0.2, 0) is 0 Å². The summed E-state index contributed by atoms with van der Waals surface area (Å²) in [5.41, 5.74) is 5.46. The number of nitrogen functional groups attached to an aromatic ring is 1. The first kappa shape index (κ1) is 6.42. The Morgan fingerprint density at radius 3 is 3.00 bits per heavy atom. The number of thiophene rings is 1. The number of anilines is 1. The molecule has 2 rings (SSSR count). The van der Waals surface area contributed by atoms with Gasteiger partial charge in [0.05, 0.1) is 6.20 Å². The van der Waals surface area contributed by atoms with E-state index in [-0.39, 0.29) is 0 Å². The minimum Gasteiger partial charge on any atom is -0.382 e. The van der Waals surface area contributed by atoms with Gasteiger partial charge < -0.3 is 5.73 Å². The first-order valence-corrected chi connectivity index (χ1v) is 4.07. The summed E-state index contributed by atoms with van der Waals surface area (Å²) in [6.07, 6.45) is 3.51. The van der Waals surface area contributed by atoms with Gasteiger partial charge in [0.2, 0.25) is 0 Å². The third-order valence-corrected chi connectivity index (χ3v) is 2.24. The number of aromatic nitrogens is 2. The van der Waals surface area contributed by atoms with E-state index in [9.17, 15) is 0 Å². The third-order valence-electron chi connectivity index (χ3n) is 1.36. The molecular weight excluding hydrogens is 158 g/mol. The van der Waals surface area contributed by atoms with Gasteiger partial charge in [-0.05, 0) is 17.5 Å². The van der Waals surface area contributed by atoms with Crippen LogP contribution >= 0.6 is 11.3 Å². The van der Waals surface area contributed by atoms with Crippen LogP contribution in [0, 0.1) is 0 Å². The van der Waals surface area contributed by atoms with Gasteiger partial charge in [-0.3, -0.25) is 4.57 Å². The first-order valence-electron chi connectivity index (χ1n) is 3.19. The molecular formula is C7H7N3S. The molecule has 56 valence electrons. The number of hydrogen-bond acceptors (Lipinski definition) is 3. The third kappa shape index (κ3) is 1.12. The SMILES string of the molecule is Nc1cn(-c2cccs2)cn1. The van der Waals surface area contributed by atoms with Gasteiger partial charge in [0, 0.05) is 0 Å². The summed E-state index contributed by atoms with van der Waals surface area (Å²) in [6.45, 7) is 0. The Hall–Kier alpha value is -1.29. The second-order valence-corrected chi connectivity index (χ2v) is 3.08. The molecule has 2 heterocycles. The fraction of sp³-hybridized carbons (Fsp3) is 0. The molecule has 0 radical (unpaired) electrons. The van der Waals surface area contributed by atoms with E-state index >= 15 is 0 Å². The summed E-state index contributed by atoms with van der Waals surface area (Å²) >= 11 is 1.66. The summed E-state index contributed by atoms with van der Waals surface area (Å²) in [7, 11) is 0. The van der Waals surface area contributed by atoms with E-state index in [1.807, 2.05) is 22.1 Å². The highest BCUT2D eigenvalue weighted by atomic mass is 32.1. The fourth-order valence-corrected chi connectivity index (χ4v) is 1.55. The van der Waals surface area contributed by atoms with E-state index in [4.69, 9.17) is 5.73 Å². The van der Waals surface area contributed by atoms with Crippen molar-refractivity contribution >= 4 is 17.2 Å². The molecule has 0 saturated carbocycles. The smallest absolute Gasteiger partial charge is 0.142 e. The van der Waals surface area contributed by atoms with Crippen molar-refractivity contribution in [2.24, 2.45) is 0 Å². The van der Waals surface area contributed by atoms with Crippen molar-refractivity contribution < 1.29 is 0 Å². The van der Waals surface area contributed by atoms with Crippen LogP contribution in [0.15, 0.2) is 30.0 Å². The van der Waals surface area contributed by atoms with Crippen LogP contribution in [0.4, 0.5) is 5.82 Å². The predicted octanol–water partition coefficient (Wildman–Crippen LogP) is 1.52. The molecule has 0 amide bonds. The number of imidazole rings is 1. The van der Waals surface area contributed by atoms with Crippen molar-refractivity contribution in [3.63, 3.8) is 0 Å². The molecule has 0 unspecified atom stereocenters.